The van der Waals surface area contributed by atoms with Gasteiger partial charge in [-0.2, -0.15) is 8.42 Å². The number of benzene rings is 1. The van der Waals surface area contributed by atoms with E-state index in [-0.39, 0.29) is 41.1 Å². The van der Waals surface area contributed by atoms with Gasteiger partial charge in [-0.15, -0.1) is 24.3 Å². The maximum Gasteiger partial charge on any atom is 1.00 e. The molecule has 1 aromatic carbocycles. The molecule has 1 aromatic rings. The first-order chi connectivity index (χ1) is 5.47. The molecule has 7 heteroatoms. The van der Waals surface area contributed by atoms with Gasteiger partial charge in [0, 0.05) is 11.5 Å². The molecule has 0 saturated heterocycles. The molecule has 0 unspecified atom stereocenters. The Labute approximate surface area is 97.6 Å². The standard InChI is InChI=1S/C6H5O5S.Na/c7-5-1-3-6(4-2-5)11-12(8,9)10;/h1-3,7H,(H,8,9,10);/q-1;+1. The maximum atomic E-state index is 10.1. The average molecular weight is 212 g/mol. The summed E-state index contributed by atoms with van der Waals surface area (Å²) in [7, 11) is -4.50. The quantitative estimate of drug-likeness (QED) is 0.318. The van der Waals surface area contributed by atoms with E-state index in [9.17, 15) is 8.42 Å². The van der Waals surface area contributed by atoms with Crippen molar-refractivity contribution < 1.29 is 51.8 Å². The van der Waals surface area contributed by atoms with Gasteiger partial charge in [0.2, 0.25) is 0 Å². The number of phenolic OH excluding ortho intramolecular Hbond substituents is 1. The summed E-state index contributed by atoms with van der Waals surface area (Å²) in [5.74, 6) is -0.256. The van der Waals surface area contributed by atoms with E-state index in [2.05, 4.69) is 10.2 Å². The van der Waals surface area contributed by atoms with Crippen molar-refractivity contribution in [2.24, 2.45) is 0 Å². The van der Waals surface area contributed by atoms with Crippen LogP contribution in [0.5, 0.6) is 11.5 Å². The Kier molecular flexibility index (Phi) is 4.72. The fourth-order valence-corrected chi connectivity index (χ4v) is 0.898. The number of rotatable bonds is 2. The fourth-order valence-electron chi connectivity index (χ4n) is 0.568. The Morgan fingerprint density at radius 1 is 1.38 bits per heavy atom. The van der Waals surface area contributed by atoms with Crippen LogP contribution in [0.3, 0.4) is 0 Å². The number of phenols is 1. The van der Waals surface area contributed by atoms with Crippen LogP contribution >= 0.6 is 0 Å². The zero-order chi connectivity index (χ0) is 9.19. The molecular formula is C6H5NaO5S. The largest absolute Gasteiger partial charge is 1.00 e. The molecule has 0 aliphatic heterocycles. The second-order valence-electron chi connectivity index (χ2n) is 1.92. The van der Waals surface area contributed by atoms with Crippen LogP contribution in [0.1, 0.15) is 0 Å². The van der Waals surface area contributed by atoms with Crippen LogP contribution in [0, 0.1) is 6.07 Å². The molecule has 0 saturated carbocycles. The van der Waals surface area contributed by atoms with Crippen molar-refractivity contribution in [2.75, 3.05) is 0 Å². The molecule has 13 heavy (non-hydrogen) atoms. The first-order valence-corrected chi connectivity index (χ1v) is 4.21. The third-order valence-corrected chi connectivity index (χ3v) is 1.35. The van der Waals surface area contributed by atoms with Gasteiger partial charge in [-0.05, 0) is 0 Å². The van der Waals surface area contributed by atoms with Crippen molar-refractivity contribution in [3.63, 3.8) is 0 Å². The Balaban J connectivity index is 0.00000144. The van der Waals surface area contributed by atoms with E-state index in [0.29, 0.717) is 0 Å². The fraction of sp³-hybridized carbons (Fsp3) is 0. The second-order valence-corrected chi connectivity index (χ2v) is 2.94. The van der Waals surface area contributed by atoms with Gasteiger partial charge in [0.15, 0.2) is 0 Å². The van der Waals surface area contributed by atoms with Crippen molar-refractivity contribution in [1.82, 2.24) is 0 Å². The second kappa shape index (κ2) is 4.83. The van der Waals surface area contributed by atoms with Gasteiger partial charge in [0.05, 0.1) is 0 Å². The van der Waals surface area contributed by atoms with Crippen LogP contribution < -0.4 is 33.7 Å². The maximum absolute atomic E-state index is 10.1. The number of hydrogen-bond acceptors (Lipinski definition) is 4. The Hall–Kier alpha value is -0.270. The zero-order valence-corrected chi connectivity index (χ0v) is 9.58. The number of aromatic hydroxyl groups is 1. The smallest absolute Gasteiger partial charge is 0.566 e. The summed E-state index contributed by atoms with van der Waals surface area (Å²) >= 11 is 0. The van der Waals surface area contributed by atoms with E-state index in [1.54, 1.807) is 0 Å². The summed E-state index contributed by atoms with van der Waals surface area (Å²) in [6.45, 7) is 0. The molecule has 5 nitrogen and oxygen atoms in total. The molecule has 0 amide bonds. The topological polar surface area (TPSA) is 83.8 Å². The predicted molar refractivity (Wildman–Crippen MR) is 39.1 cm³/mol. The monoisotopic (exact) mass is 212 g/mol. The van der Waals surface area contributed by atoms with E-state index in [0.717, 1.165) is 12.1 Å². The molecule has 0 atom stereocenters. The van der Waals surface area contributed by atoms with Crippen LogP contribution in [0.25, 0.3) is 0 Å². The van der Waals surface area contributed by atoms with E-state index < -0.39 is 10.4 Å². The van der Waals surface area contributed by atoms with E-state index in [1.165, 1.54) is 6.07 Å². The Bertz CT molecular complexity index is 357. The minimum atomic E-state index is -4.50. The van der Waals surface area contributed by atoms with Crippen LogP contribution in [0.4, 0.5) is 0 Å². The summed E-state index contributed by atoms with van der Waals surface area (Å²) in [5.41, 5.74) is 0. The molecule has 66 valence electrons. The zero-order valence-electron chi connectivity index (χ0n) is 6.76. The van der Waals surface area contributed by atoms with Crippen molar-refractivity contribution in [1.29, 1.82) is 0 Å². The molecule has 0 fully saturated rings. The molecule has 0 radical (unpaired) electrons. The van der Waals surface area contributed by atoms with Crippen molar-refractivity contribution in [3.8, 4) is 11.5 Å². The summed E-state index contributed by atoms with van der Waals surface area (Å²) in [4.78, 5) is 0. The van der Waals surface area contributed by atoms with E-state index in [1.807, 2.05) is 0 Å². The third-order valence-electron chi connectivity index (χ3n) is 0.963. The van der Waals surface area contributed by atoms with Gasteiger partial charge in [-0.1, -0.05) is 0 Å². The molecule has 0 aliphatic carbocycles. The molecule has 1 rings (SSSR count). The third kappa shape index (κ3) is 5.12. The first-order valence-electron chi connectivity index (χ1n) is 2.85. The molecule has 0 aromatic heterocycles. The average Bonchev–Trinajstić information content (AvgIpc) is 1.91. The van der Waals surface area contributed by atoms with Gasteiger partial charge in [-0.25, -0.2) is 0 Å². The summed E-state index contributed by atoms with van der Waals surface area (Å²) < 4.78 is 32.5. The molecular weight excluding hydrogens is 207 g/mol. The van der Waals surface area contributed by atoms with Crippen molar-refractivity contribution >= 4 is 10.4 Å². The van der Waals surface area contributed by atoms with Gasteiger partial charge in [0.1, 0.15) is 0 Å². The normalized spacial score (nSPS) is 10.2. The van der Waals surface area contributed by atoms with E-state index >= 15 is 0 Å². The van der Waals surface area contributed by atoms with Crippen LogP contribution in [0.15, 0.2) is 18.2 Å². The van der Waals surface area contributed by atoms with Crippen molar-refractivity contribution in [2.45, 2.75) is 0 Å². The van der Waals surface area contributed by atoms with Crippen LogP contribution in [-0.4, -0.2) is 18.1 Å². The van der Waals surface area contributed by atoms with Gasteiger partial charge < -0.3 is 9.29 Å². The van der Waals surface area contributed by atoms with Gasteiger partial charge >= 0.3 is 40.0 Å². The number of hydrogen-bond donors (Lipinski definition) is 2. The minimum Gasteiger partial charge on any atom is -0.566 e. The van der Waals surface area contributed by atoms with Crippen LogP contribution in [0.2, 0.25) is 0 Å². The van der Waals surface area contributed by atoms with Crippen molar-refractivity contribution in [3.05, 3.63) is 24.3 Å². The Morgan fingerprint density at radius 3 is 2.38 bits per heavy atom. The summed E-state index contributed by atoms with van der Waals surface area (Å²) in [5, 5.41) is 8.76. The molecule has 0 spiro atoms. The molecule has 0 bridgehead atoms. The van der Waals surface area contributed by atoms with Gasteiger partial charge in [-0.3, -0.25) is 4.55 Å². The minimum absolute atomic E-state index is 0. The van der Waals surface area contributed by atoms with Gasteiger partial charge in [0.25, 0.3) is 0 Å². The van der Waals surface area contributed by atoms with E-state index in [4.69, 9.17) is 9.66 Å². The van der Waals surface area contributed by atoms with Crippen LogP contribution in [-0.2, 0) is 10.4 Å². The summed E-state index contributed by atoms with van der Waals surface area (Å²) in [6.07, 6.45) is 0. The summed E-state index contributed by atoms with van der Waals surface area (Å²) in [6, 6.07) is 5.75. The molecule has 0 heterocycles. The predicted octanol–water partition coefficient (Wildman–Crippen LogP) is -2.62. The molecule has 2 N–H and O–H groups in total. The Morgan fingerprint density at radius 2 is 2.00 bits per heavy atom. The molecule has 0 aliphatic rings. The first kappa shape index (κ1) is 12.7. The SMILES string of the molecule is O=S(=O)(O)Oc1[c-]cc(O)cc1.[Na+].